The maximum Gasteiger partial charge on any atom is 0.374 e. The van der Waals surface area contributed by atoms with Gasteiger partial charge >= 0.3 is 5.97 Å². The monoisotopic (exact) mass is 181 g/mol. The number of carboxylic acid groups (broad SMARTS) is 1. The third kappa shape index (κ3) is 2.14. The van der Waals surface area contributed by atoms with Crippen LogP contribution in [-0.2, 0) is 0 Å². The van der Waals surface area contributed by atoms with E-state index in [4.69, 9.17) is 5.11 Å². The summed E-state index contributed by atoms with van der Waals surface area (Å²) >= 11 is 0. The summed E-state index contributed by atoms with van der Waals surface area (Å²) in [5.74, 6) is -0.654. The molecule has 0 aliphatic heterocycles. The van der Waals surface area contributed by atoms with Gasteiger partial charge in [-0.05, 0) is 13.0 Å². The van der Waals surface area contributed by atoms with Gasteiger partial charge in [0.2, 0.25) is 5.82 Å². The lowest BCUT2D eigenvalue weighted by Gasteiger charge is -2.14. The van der Waals surface area contributed by atoms with Crippen LogP contribution in [0.15, 0.2) is 12.3 Å². The second kappa shape index (κ2) is 3.84. The highest BCUT2D eigenvalue weighted by Crippen LogP contribution is 2.06. The van der Waals surface area contributed by atoms with E-state index in [1.807, 2.05) is 18.9 Å². The number of aromatic carboxylic acids is 1. The first-order chi connectivity index (χ1) is 6.15. The predicted octanol–water partition coefficient (Wildman–Crippen LogP) is 0.631. The van der Waals surface area contributed by atoms with Crippen molar-refractivity contribution in [2.24, 2.45) is 0 Å². The van der Waals surface area contributed by atoms with Gasteiger partial charge in [-0.1, -0.05) is 0 Å². The first-order valence-corrected chi connectivity index (χ1v) is 3.92. The number of carboxylic acids is 1. The van der Waals surface area contributed by atoms with Crippen molar-refractivity contribution in [3.05, 3.63) is 18.1 Å². The van der Waals surface area contributed by atoms with Crippen LogP contribution >= 0.6 is 0 Å². The first kappa shape index (κ1) is 9.44. The molecular formula is C8H11N3O2. The van der Waals surface area contributed by atoms with E-state index in [1.54, 1.807) is 6.07 Å². The van der Waals surface area contributed by atoms with Crippen LogP contribution in [0, 0.1) is 0 Å². The number of hydrogen-bond acceptors (Lipinski definition) is 4. The summed E-state index contributed by atoms with van der Waals surface area (Å²) in [5.41, 5.74) is 0. The van der Waals surface area contributed by atoms with Gasteiger partial charge in [0.05, 0.1) is 0 Å². The summed E-state index contributed by atoms with van der Waals surface area (Å²) in [7, 11) is 1.84. The topological polar surface area (TPSA) is 66.3 Å². The molecule has 0 unspecified atom stereocenters. The Balaban J connectivity index is 2.98. The van der Waals surface area contributed by atoms with Crippen LogP contribution in [0.25, 0.3) is 0 Å². The minimum atomic E-state index is -1.11. The van der Waals surface area contributed by atoms with Crippen LogP contribution in [0.4, 0.5) is 5.82 Å². The molecule has 5 heteroatoms. The van der Waals surface area contributed by atoms with Gasteiger partial charge in [0.1, 0.15) is 5.82 Å². The van der Waals surface area contributed by atoms with E-state index >= 15 is 0 Å². The Labute approximate surface area is 76.0 Å². The molecule has 1 N–H and O–H groups in total. The SMILES string of the molecule is CCN(C)c1ccnc(C(=O)O)n1. The number of aromatic nitrogens is 2. The van der Waals surface area contributed by atoms with Crippen molar-refractivity contribution in [1.82, 2.24) is 9.97 Å². The fraction of sp³-hybridized carbons (Fsp3) is 0.375. The Morgan fingerprint density at radius 3 is 2.92 bits per heavy atom. The van der Waals surface area contributed by atoms with Gasteiger partial charge in [0.15, 0.2) is 0 Å². The lowest BCUT2D eigenvalue weighted by molar-refractivity contribution is 0.0683. The molecule has 0 fully saturated rings. The predicted molar refractivity (Wildman–Crippen MR) is 47.9 cm³/mol. The number of carbonyl (C=O) groups is 1. The fourth-order valence-corrected chi connectivity index (χ4v) is 0.827. The average molecular weight is 181 g/mol. The number of hydrogen-bond donors (Lipinski definition) is 1. The molecule has 1 rings (SSSR count). The molecule has 0 spiro atoms. The summed E-state index contributed by atoms with van der Waals surface area (Å²) in [6, 6.07) is 1.68. The van der Waals surface area contributed by atoms with Crippen molar-refractivity contribution in [3.63, 3.8) is 0 Å². The van der Waals surface area contributed by atoms with Crippen LogP contribution < -0.4 is 4.90 Å². The standard InChI is InChI=1S/C8H11N3O2/c1-3-11(2)6-4-5-9-7(10-6)8(12)13/h4-5H,3H2,1-2H3,(H,12,13). The highest BCUT2D eigenvalue weighted by Gasteiger charge is 2.08. The molecule has 0 bridgehead atoms. The molecule has 0 aliphatic carbocycles. The van der Waals surface area contributed by atoms with Gasteiger partial charge < -0.3 is 10.0 Å². The van der Waals surface area contributed by atoms with Crippen molar-refractivity contribution in [3.8, 4) is 0 Å². The molecule has 0 radical (unpaired) electrons. The molecule has 0 aliphatic rings. The average Bonchev–Trinajstić information content (AvgIpc) is 2.17. The van der Waals surface area contributed by atoms with Crippen LogP contribution in [0.3, 0.4) is 0 Å². The molecule has 13 heavy (non-hydrogen) atoms. The van der Waals surface area contributed by atoms with Crippen molar-refractivity contribution in [2.45, 2.75) is 6.92 Å². The van der Waals surface area contributed by atoms with Gasteiger partial charge in [0.25, 0.3) is 0 Å². The number of anilines is 1. The molecule has 1 heterocycles. The van der Waals surface area contributed by atoms with Crippen LogP contribution in [0.1, 0.15) is 17.5 Å². The van der Waals surface area contributed by atoms with Crippen LogP contribution in [-0.4, -0.2) is 34.6 Å². The molecular weight excluding hydrogens is 170 g/mol. The van der Waals surface area contributed by atoms with Gasteiger partial charge in [-0.15, -0.1) is 0 Å². The lowest BCUT2D eigenvalue weighted by Crippen LogP contribution is -2.18. The fourth-order valence-electron chi connectivity index (χ4n) is 0.827. The van der Waals surface area contributed by atoms with E-state index < -0.39 is 5.97 Å². The normalized spacial score (nSPS) is 9.69. The summed E-state index contributed by atoms with van der Waals surface area (Å²) in [4.78, 5) is 19.8. The highest BCUT2D eigenvalue weighted by atomic mass is 16.4. The van der Waals surface area contributed by atoms with Crippen molar-refractivity contribution in [2.75, 3.05) is 18.5 Å². The van der Waals surface area contributed by atoms with Gasteiger partial charge in [-0.2, -0.15) is 0 Å². The Morgan fingerprint density at radius 1 is 1.69 bits per heavy atom. The summed E-state index contributed by atoms with van der Waals surface area (Å²) in [6.07, 6.45) is 1.44. The zero-order valence-electron chi connectivity index (χ0n) is 7.56. The van der Waals surface area contributed by atoms with Crippen molar-refractivity contribution < 1.29 is 9.90 Å². The van der Waals surface area contributed by atoms with Gasteiger partial charge in [-0.25, -0.2) is 14.8 Å². The molecule has 1 aromatic heterocycles. The maximum atomic E-state index is 10.5. The molecule has 0 aromatic carbocycles. The third-order valence-electron chi connectivity index (χ3n) is 1.70. The minimum absolute atomic E-state index is 0.169. The molecule has 0 amide bonds. The first-order valence-electron chi connectivity index (χ1n) is 3.92. The molecule has 0 saturated carbocycles. The second-order valence-corrected chi connectivity index (χ2v) is 2.56. The zero-order chi connectivity index (χ0) is 9.84. The third-order valence-corrected chi connectivity index (χ3v) is 1.70. The van der Waals surface area contributed by atoms with Crippen molar-refractivity contribution in [1.29, 1.82) is 0 Å². The molecule has 1 aromatic rings. The smallest absolute Gasteiger partial charge is 0.374 e. The lowest BCUT2D eigenvalue weighted by atomic mass is 10.5. The van der Waals surface area contributed by atoms with E-state index in [2.05, 4.69) is 9.97 Å². The Hall–Kier alpha value is -1.65. The van der Waals surface area contributed by atoms with Gasteiger partial charge in [-0.3, -0.25) is 0 Å². The Bertz CT molecular complexity index is 314. The van der Waals surface area contributed by atoms with Crippen LogP contribution in [0.2, 0.25) is 0 Å². The molecule has 5 nitrogen and oxygen atoms in total. The zero-order valence-corrected chi connectivity index (χ0v) is 7.56. The Morgan fingerprint density at radius 2 is 2.38 bits per heavy atom. The highest BCUT2D eigenvalue weighted by molar-refractivity contribution is 5.83. The van der Waals surface area contributed by atoms with Crippen molar-refractivity contribution >= 4 is 11.8 Å². The molecule has 0 saturated heterocycles. The summed E-state index contributed by atoms with van der Waals surface area (Å²) < 4.78 is 0. The second-order valence-electron chi connectivity index (χ2n) is 2.56. The van der Waals surface area contributed by atoms with Crippen LogP contribution in [0.5, 0.6) is 0 Å². The van der Waals surface area contributed by atoms with E-state index in [-0.39, 0.29) is 5.82 Å². The number of rotatable bonds is 3. The molecule has 70 valence electrons. The van der Waals surface area contributed by atoms with Gasteiger partial charge in [0, 0.05) is 19.8 Å². The summed E-state index contributed by atoms with van der Waals surface area (Å²) in [6.45, 7) is 2.73. The molecule has 0 atom stereocenters. The summed E-state index contributed by atoms with van der Waals surface area (Å²) in [5, 5.41) is 8.62. The van der Waals surface area contributed by atoms with E-state index in [0.29, 0.717) is 5.82 Å². The van der Waals surface area contributed by atoms with E-state index in [1.165, 1.54) is 6.20 Å². The Kier molecular flexibility index (Phi) is 2.79. The van der Waals surface area contributed by atoms with E-state index in [0.717, 1.165) is 6.54 Å². The largest absolute Gasteiger partial charge is 0.475 e. The minimum Gasteiger partial charge on any atom is -0.475 e. The quantitative estimate of drug-likeness (QED) is 0.740. The van der Waals surface area contributed by atoms with E-state index in [9.17, 15) is 4.79 Å². The maximum absolute atomic E-state index is 10.5. The number of nitrogens with zero attached hydrogens (tertiary/aromatic N) is 3.